The van der Waals surface area contributed by atoms with Crippen LogP contribution in [-0.4, -0.2) is 57.7 Å². The number of hydrogen-bond donors (Lipinski definition) is 4. The fourth-order valence-corrected chi connectivity index (χ4v) is 4.27. The number of aliphatic hydroxyl groups excluding tert-OH is 4. The first kappa shape index (κ1) is 22.3. The predicted octanol–water partition coefficient (Wildman–Crippen LogP) is 2.64. The van der Waals surface area contributed by atoms with Gasteiger partial charge in [-0.25, -0.2) is 0 Å². The minimum atomic E-state index is -1.38. The molecule has 1 heterocycles. The van der Waals surface area contributed by atoms with Crippen molar-refractivity contribution in [2.24, 2.45) is 0 Å². The summed E-state index contributed by atoms with van der Waals surface area (Å²) in [4.78, 5) is 1.22. The molecule has 1 fully saturated rings. The van der Waals surface area contributed by atoms with Crippen LogP contribution in [0, 0.1) is 0 Å². The van der Waals surface area contributed by atoms with Crippen molar-refractivity contribution >= 4 is 11.8 Å². The van der Waals surface area contributed by atoms with Crippen LogP contribution in [0.15, 0.2) is 47.4 Å². The lowest BCUT2D eigenvalue weighted by Crippen LogP contribution is -2.55. The summed E-state index contributed by atoms with van der Waals surface area (Å²) in [6.07, 6.45) is -2.93. The molecule has 5 nitrogen and oxygen atoms in total. The van der Waals surface area contributed by atoms with Crippen LogP contribution in [-0.2, 0) is 11.2 Å². The Morgan fingerprint density at radius 2 is 1.66 bits per heavy atom. The topological polar surface area (TPSA) is 90.2 Å². The fourth-order valence-electron chi connectivity index (χ4n) is 3.86. The maximum absolute atomic E-state index is 10.5. The van der Waals surface area contributed by atoms with Crippen LogP contribution in [0.4, 0.5) is 0 Å². The van der Waals surface area contributed by atoms with Gasteiger partial charge >= 0.3 is 0 Å². The molecule has 5 atom stereocenters. The minimum absolute atomic E-state index is 0.333. The van der Waals surface area contributed by atoms with E-state index in [1.165, 1.54) is 16.0 Å². The largest absolute Gasteiger partial charge is 0.394 e. The van der Waals surface area contributed by atoms with Gasteiger partial charge in [-0.15, -0.1) is 11.8 Å². The summed E-state index contributed by atoms with van der Waals surface area (Å²) in [5, 5.41) is 40.1. The first-order valence-corrected chi connectivity index (χ1v) is 11.1. The Bertz CT molecular complexity index is 805. The molecule has 4 N–H and O–H groups in total. The molecular formula is C23H30O5S. The van der Waals surface area contributed by atoms with Gasteiger partial charge in [0, 0.05) is 4.90 Å². The average molecular weight is 419 g/mol. The molecule has 0 saturated carbocycles. The first-order chi connectivity index (χ1) is 13.8. The van der Waals surface area contributed by atoms with Gasteiger partial charge in [0.1, 0.15) is 30.5 Å². The zero-order valence-electron chi connectivity index (χ0n) is 17.0. The summed E-state index contributed by atoms with van der Waals surface area (Å²) in [6.45, 7) is 3.85. The zero-order valence-corrected chi connectivity index (χ0v) is 17.8. The van der Waals surface area contributed by atoms with Crippen LogP contribution in [0.5, 0.6) is 0 Å². The molecule has 0 spiro atoms. The Kier molecular flexibility index (Phi) is 7.37. The minimum Gasteiger partial charge on any atom is -0.394 e. The maximum Gasteiger partial charge on any atom is 0.113 e. The van der Waals surface area contributed by atoms with E-state index in [0.29, 0.717) is 5.92 Å². The van der Waals surface area contributed by atoms with Crippen LogP contribution in [0.2, 0.25) is 0 Å². The molecule has 0 radical (unpaired) electrons. The monoisotopic (exact) mass is 418 g/mol. The molecular weight excluding hydrogens is 388 g/mol. The summed E-state index contributed by atoms with van der Waals surface area (Å²) < 4.78 is 5.74. The van der Waals surface area contributed by atoms with Gasteiger partial charge in [0.2, 0.25) is 0 Å². The second kappa shape index (κ2) is 9.60. The lowest BCUT2D eigenvalue weighted by Gasteiger charge is -2.40. The Labute approximate surface area is 176 Å². The molecule has 0 bridgehead atoms. The SMILES string of the molecule is CSc1ccc(Cc2cc([C@@H]3O[C@H](CO)[C@@H](O)[C@H](O)[C@H]3O)ccc2C(C)C)cc1. The number of thioether (sulfide) groups is 1. The molecule has 2 aromatic carbocycles. The van der Waals surface area contributed by atoms with E-state index in [1.54, 1.807) is 11.8 Å². The Morgan fingerprint density at radius 3 is 2.24 bits per heavy atom. The maximum atomic E-state index is 10.5. The molecule has 29 heavy (non-hydrogen) atoms. The molecule has 2 aromatic rings. The molecule has 6 heteroatoms. The average Bonchev–Trinajstić information content (AvgIpc) is 2.72. The summed E-state index contributed by atoms with van der Waals surface area (Å²) >= 11 is 1.71. The van der Waals surface area contributed by atoms with Crippen LogP contribution in [0.3, 0.4) is 0 Å². The second-order valence-corrected chi connectivity index (χ2v) is 8.77. The number of rotatable bonds is 6. The van der Waals surface area contributed by atoms with Gasteiger partial charge in [-0.05, 0) is 53.0 Å². The van der Waals surface area contributed by atoms with Crippen molar-refractivity contribution in [3.63, 3.8) is 0 Å². The van der Waals surface area contributed by atoms with Gasteiger partial charge in [0.05, 0.1) is 6.61 Å². The van der Waals surface area contributed by atoms with Gasteiger partial charge in [0.15, 0.2) is 0 Å². The van der Waals surface area contributed by atoms with Gasteiger partial charge in [0.25, 0.3) is 0 Å². The van der Waals surface area contributed by atoms with E-state index >= 15 is 0 Å². The molecule has 1 saturated heterocycles. The van der Waals surface area contributed by atoms with E-state index in [0.717, 1.165) is 17.5 Å². The molecule has 0 amide bonds. The van der Waals surface area contributed by atoms with Crippen molar-refractivity contribution in [1.82, 2.24) is 0 Å². The van der Waals surface area contributed by atoms with Crippen molar-refractivity contribution in [1.29, 1.82) is 0 Å². The van der Waals surface area contributed by atoms with Crippen LogP contribution >= 0.6 is 11.8 Å². The van der Waals surface area contributed by atoms with E-state index in [1.807, 2.05) is 18.2 Å². The van der Waals surface area contributed by atoms with Crippen LogP contribution < -0.4 is 0 Å². The first-order valence-electron chi connectivity index (χ1n) is 9.91. The third-order valence-electron chi connectivity index (χ3n) is 5.56. The Hall–Kier alpha value is -1.41. The van der Waals surface area contributed by atoms with Crippen molar-refractivity contribution in [3.05, 3.63) is 64.7 Å². The van der Waals surface area contributed by atoms with Crippen molar-refractivity contribution in [2.75, 3.05) is 12.9 Å². The molecule has 1 aliphatic rings. The predicted molar refractivity (Wildman–Crippen MR) is 114 cm³/mol. The molecule has 1 aliphatic heterocycles. The smallest absolute Gasteiger partial charge is 0.113 e. The molecule has 0 aromatic heterocycles. The summed E-state index contributed by atoms with van der Waals surface area (Å²) in [5.74, 6) is 0.333. The van der Waals surface area contributed by atoms with Gasteiger partial charge in [-0.1, -0.05) is 44.2 Å². The zero-order chi connectivity index (χ0) is 21.1. The van der Waals surface area contributed by atoms with Gasteiger partial charge in [-0.2, -0.15) is 0 Å². The summed E-state index contributed by atoms with van der Waals surface area (Å²) in [6, 6.07) is 14.4. The quantitative estimate of drug-likeness (QED) is 0.539. The Balaban J connectivity index is 1.93. The molecule has 3 rings (SSSR count). The number of benzene rings is 2. The van der Waals surface area contributed by atoms with E-state index in [-0.39, 0.29) is 0 Å². The van der Waals surface area contributed by atoms with Crippen LogP contribution in [0.25, 0.3) is 0 Å². The lowest BCUT2D eigenvalue weighted by atomic mass is 9.87. The van der Waals surface area contributed by atoms with Gasteiger partial charge in [-0.3, -0.25) is 0 Å². The molecule has 0 aliphatic carbocycles. The third-order valence-corrected chi connectivity index (χ3v) is 6.31. The summed E-state index contributed by atoms with van der Waals surface area (Å²) in [5.41, 5.74) is 4.26. The number of ether oxygens (including phenoxy) is 1. The van der Waals surface area contributed by atoms with Crippen molar-refractivity contribution < 1.29 is 25.2 Å². The lowest BCUT2D eigenvalue weighted by molar-refractivity contribution is -0.231. The van der Waals surface area contributed by atoms with E-state index < -0.39 is 37.1 Å². The number of aliphatic hydroxyl groups is 4. The normalized spacial score (nSPS) is 27.4. The highest BCUT2D eigenvalue weighted by molar-refractivity contribution is 7.98. The molecule has 158 valence electrons. The van der Waals surface area contributed by atoms with Crippen molar-refractivity contribution in [2.45, 2.75) is 61.6 Å². The van der Waals surface area contributed by atoms with E-state index in [2.05, 4.69) is 44.4 Å². The van der Waals surface area contributed by atoms with Crippen molar-refractivity contribution in [3.8, 4) is 0 Å². The highest BCUT2D eigenvalue weighted by Gasteiger charge is 2.44. The van der Waals surface area contributed by atoms with Crippen LogP contribution in [0.1, 0.15) is 48.1 Å². The van der Waals surface area contributed by atoms with Gasteiger partial charge < -0.3 is 25.2 Å². The van der Waals surface area contributed by atoms with E-state index in [9.17, 15) is 20.4 Å². The number of hydrogen-bond acceptors (Lipinski definition) is 6. The Morgan fingerprint density at radius 1 is 0.966 bits per heavy atom. The standard InChI is InChI=1S/C23H30O5S/c1-13(2)18-9-6-15(23-22(27)21(26)20(25)19(12-24)28-23)11-16(18)10-14-4-7-17(29-3)8-5-14/h4-9,11,13,19-27H,10,12H2,1-3H3/t19-,20-,21+,22-,23+/m1/s1. The summed E-state index contributed by atoms with van der Waals surface area (Å²) in [7, 11) is 0. The van der Waals surface area contributed by atoms with E-state index in [4.69, 9.17) is 4.74 Å². The fraction of sp³-hybridized carbons (Fsp3) is 0.478. The third kappa shape index (κ3) is 4.85. The second-order valence-electron chi connectivity index (χ2n) is 7.89. The highest BCUT2D eigenvalue weighted by Crippen LogP contribution is 2.34. The highest BCUT2D eigenvalue weighted by atomic mass is 32.2. The molecule has 0 unspecified atom stereocenters.